The molecule has 0 aliphatic heterocycles. The molecule has 2 N–H and O–H groups in total. The van der Waals surface area contributed by atoms with Gasteiger partial charge in [0.1, 0.15) is 0 Å². The molecule has 26 heavy (non-hydrogen) atoms. The monoisotopic (exact) mass is 352 g/mol. The van der Waals surface area contributed by atoms with Gasteiger partial charge in [-0.25, -0.2) is 4.79 Å². The van der Waals surface area contributed by atoms with Crippen LogP contribution in [0.3, 0.4) is 0 Å². The average Bonchev–Trinajstić information content (AvgIpc) is 2.91. The molecule has 0 radical (unpaired) electrons. The standard InChI is InChI=1S/C20H20N2O4/c1-22-16-11-13(7-8-17(16)26-20(22)25)19(24)21-18(14-9-15(23)10-14)12-5-3-2-4-6-12/h2-8,11,14-15,18,23H,9-10H2,1H3,(H,21,24). The zero-order valence-electron chi connectivity index (χ0n) is 14.4. The van der Waals surface area contributed by atoms with E-state index >= 15 is 0 Å². The van der Waals surface area contributed by atoms with Gasteiger partial charge in [-0.3, -0.25) is 9.36 Å². The van der Waals surface area contributed by atoms with Crippen LogP contribution in [0, 0.1) is 5.92 Å². The van der Waals surface area contributed by atoms with Crippen LogP contribution in [0.15, 0.2) is 57.7 Å². The molecule has 134 valence electrons. The van der Waals surface area contributed by atoms with Crippen LogP contribution >= 0.6 is 0 Å². The quantitative estimate of drug-likeness (QED) is 0.755. The Morgan fingerprint density at radius 2 is 1.96 bits per heavy atom. The van der Waals surface area contributed by atoms with Crippen molar-refractivity contribution in [3.8, 4) is 0 Å². The van der Waals surface area contributed by atoms with E-state index in [4.69, 9.17) is 4.42 Å². The van der Waals surface area contributed by atoms with Crippen molar-refractivity contribution in [3.63, 3.8) is 0 Å². The number of nitrogens with zero attached hydrogens (tertiary/aromatic N) is 1. The summed E-state index contributed by atoms with van der Waals surface area (Å²) in [6.07, 6.45) is 1.06. The molecular weight excluding hydrogens is 332 g/mol. The number of oxazole rings is 1. The van der Waals surface area contributed by atoms with Gasteiger partial charge in [0, 0.05) is 12.6 Å². The smallest absolute Gasteiger partial charge is 0.408 e. The minimum atomic E-state index is -0.455. The highest BCUT2D eigenvalue weighted by Gasteiger charge is 2.35. The van der Waals surface area contributed by atoms with Gasteiger partial charge in [0.05, 0.1) is 17.7 Å². The molecule has 1 saturated carbocycles. The SMILES string of the molecule is Cn1c(=O)oc2ccc(C(=O)NC(c3ccccc3)C3CC(O)C3)cc21. The van der Waals surface area contributed by atoms with Crippen LogP contribution in [0.2, 0.25) is 0 Å². The number of aliphatic hydroxyl groups excluding tert-OH is 1. The van der Waals surface area contributed by atoms with Gasteiger partial charge in [0.25, 0.3) is 5.91 Å². The lowest BCUT2D eigenvalue weighted by Crippen LogP contribution is -2.41. The van der Waals surface area contributed by atoms with E-state index in [1.54, 1.807) is 25.2 Å². The van der Waals surface area contributed by atoms with Crippen LogP contribution in [0.1, 0.15) is 34.8 Å². The van der Waals surface area contributed by atoms with Gasteiger partial charge in [-0.15, -0.1) is 0 Å². The molecule has 1 fully saturated rings. The Bertz CT molecular complexity index is 1000. The van der Waals surface area contributed by atoms with Crippen molar-refractivity contribution < 1.29 is 14.3 Å². The molecule has 0 bridgehead atoms. The van der Waals surface area contributed by atoms with Crippen molar-refractivity contribution >= 4 is 17.0 Å². The van der Waals surface area contributed by atoms with E-state index < -0.39 is 5.76 Å². The Labute approximate surface area is 150 Å². The number of amides is 1. The summed E-state index contributed by atoms with van der Waals surface area (Å²) in [5.41, 5.74) is 2.53. The number of hydrogen-bond acceptors (Lipinski definition) is 4. The predicted octanol–water partition coefficient (Wildman–Crippen LogP) is 2.37. The Kier molecular flexibility index (Phi) is 4.12. The molecule has 1 aromatic heterocycles. The van der Waals surface area contributed by atoms with Crippen molar-refractivity contribution in [1.29, 1.82) is 0 Å². The van der Waals surface area contributed by atoms with Gasteiger partial charge in [-0.1, -0.05) is 30.3 Å². The van der Waals surface area contributed by atoms with Crippen molar-refractivity contribution in [3.05, 3.63) is 70.2 Å². The number of benzene rings is 2. The summed E-state index contributed by atoms with van der Waals surface area (Å²) in [5, 5.41) is 12.8. The van der Waals surface area contributed by atoms with Crippen molar-refractivity contribution in [2.45, 2.75) is 25.0 Å². The number of hydrogen-bond donors (Lipinski definition) is 2. The van der Waals surface area contributed by atoms with Gasteiger partial charge in [0.2, 0.25) is 0 Å². The van der Waals surface area contributed by atoms with Gasteiger partial charge in [-0.05, 0) is 42.5 Å². The first-order valence-electron chi connectivity index (χ1n) is 8.66. The minimum absolute atomic E-state index is 0.157. The first-order chi connectivity index (χ1) is 12.5. The second-order valence-electron chi connectivity index (χ2n) is 6.86. The van der Waals surface area contributed by atoms with E-state index in [2.05, 4.69) is 5.32 Å². The van der Waals surface area contributed by atoms with Crippen LogP contribution in [0.4, 0.5) is 0 Å². The van der Waals surface area contributed by atoms with Crippen LogP contribution in [-0.2, 0) is 7.05 Å². The Morgan fingerprint density at radius 3 is 2.65 bits per heavy atom. The van der Waals surface area contributed by atoms with Crippen molar-refractivity contribution in [2.24, 2.45) is 13.0 Å². The van der Waals surface area contributed by atoms with E-state index in [0.717, 1.165) is 5.56 Å². The summed E-state index contributed by atoms with van der Waals surface area (Å²) in [6, 6.07) is 14.6. The summed E-state index contributed by atoms with van der Waals surface area (Å²) < 4.78 is 6.49. The van der Waals surface area contributed by atoms with Crippen LogP contribution in [-0.4, -0.2) is 21.7 Å². The topological polar surface area (TPSA) is 84.5 Å². The molecule has 3 aromatic rings. The first kappa shape index (κ1) is 16.6. The second-order valence-corrected chi connectivity index (χ2v) is 6.86. The molecule has 1 amide bonds. The molecule has 2 aromatic carbocycles. The average molecular weight is 352 g/mol. The highest BCUT2D eigenvalue weighted by atomic mass is 16.4. The van der Waals surface area contributed by atoms with Gasteiger partial charge in [-0.2, -0.15) is 0 Å². The lowest BCUT2D eigenvalue weighted by atomic mass is 9.75. The van der Waals surface area contributed by atoms with Crippen LogP contribution in [0.25, 0.3) is 11.1 Å². The highest BCUT2D eigenvalue weighted by molar-refractivity contribution is 5.97. The van der Waals surface area contributed by atoms with Gasteiger partial charge in [0.15, 0.2) is 5.58 Å². The normalized spacial score (nSPS) is 20.5. The molecule has 1 unspecified atom stereocenters. The zero-order chi connectivity index (χ0) is 18.3. The number of aryl methyl sites for hydroxylation is 1. The zero-order valence-corrected chi connectivity index (χ0v) is 14.4. The number of nitrogens with one attached hydrogen (secondary N) is 1. The van der Waals surface area contributed by atoms with E-state index in [-0.39, 0.29) is 24.0 Å². The highest BCUT2D eigenvalue weighted by Crippen LogP contribution is 2.38. The van der Waals surface area contributed by atoms with Crippen molar-refractivity contribution in [2.75, 3.05) is 0 Å². The molecule has 1 aliphatic rings. The second kappa shape index (κ2) is 6.46. The molecule has 0 saturated heterocycles. The minimum Gasteiger partial charge on any atom is -0.408 e. The number of aliphatic hydroxyl groups is 1. The maximum absolute atomic E-state index is 12.8. The fourth-order valence-electron chi connectivity index (χ4n) is 3.53. The van der Waals surface area contributed by atoms with Gasteiger partial charge >= 0.3 is 5.76 Å². The summed E-state index contributed by atoms with van der Waals surface area (Å²) in [6.45, 7) is 0. The van der Waals surface area contributed by atoms with Crippen molar-refractivity contribution in [1.82, 2.24) is 9.88 Å². The van der Waals surface area contributed by atoms with Crippen LogP contribution < -0.4 is 11.1 Å². The van der Waals surface area contributed by atoms with Crippen LogP contribution in [0.5, 0.6) is 0 Å². The Hall–Kier alpha value is -2.86. The fraction of sp³-hybridized carbons (Fsp3) is 0.300. The number of fused-ring (bicyclic) bond motifs is 1. The Morgan fingerprint density at radius 1 is 1.23 bits per heavy atom. The molecule has 4 rings (SSSR count). The third-order valence-electron chi connectivity index (χ3n) is 5.12. The Balaban J connectivity index is 1.62. The summed E-state index contributed by atoms with van der Waals surface area (Å²) >= 11 is 0. The third-order valence-corrected chi connectivity index (χ3v) is 5.12. The van der Waals surface area contributed by atoms with E-state index in [0.29, 0.717) is 29.5 Å². The molecule has 1 aliphatic carbocycles. The number of rotatable bonds is 4. The summed E-state index contributed by atoms with van der Waals surface area (Å²) in [5.74, 6) is -0.461. The number of carbonyl (C=O) groups excluding carboxylic acids is 1. The first-order valence-corrected chi connectivity index (χ1v) is 8.66. The molecular formula is C20H20N2O4. The molecule has 6 heteroatoms. The predicted molar refractivity (Wildman–Crippen MR) is 96.8 cm³/mol. The maximum atomic E-state index is 12.8. The molecule has 6 nitrogen and oxygen atoms in total. The van der Waals surface area contributed by atoms with Gasteiger partial charge < -0.3 is 14.8 Å². The fourth-order valence-corrected chi connectivity index (χ4v) is 3.53. The third kappa shape index (κ3) is 2.93. The summed E-state index contributed by atoms with van der Waals surface area (Å²) in [4.78, 5) is 24.4. The molecule has 1 atom stereocenters. The largest absolute Gasteiger partial charge is 0.419 e. The van der Waals surface area contributed by atoms with E-state index in [9.17, 15) is 14.7 Å². The van der Waals surface area contributed by atoms with E-state index in [1.165, 1.54) is 4.57 Å². The van der Waals surface area contributed by atoms with E-state index in [1.807, 2.05) is 30.3 Å². The number of carbonyl (C=O) groups is 1. The summed E-state index contributed by atoms with van der Waals surface area (Å²) in [7, 11) is 1.61. The maximum Gasteiger partial charge on any atom is 0.419 e. The molecule has 0 spiro atoms. The lowest BCUT2D eigenvalue weighted by molar-refractivity contribution is 0.0235. The molecule has 1 heterocycles. The number of aromatic nitrogens is 1. The lowest BCUT2D eigenvalue weighted by Gasteiger charge is -2.38.